The lowest BCUT2D eigenvalue weighted by molar-refractivity contribution is 0.143. The molecule has 0 saturated carbocycles. The van der Waals surface area contributed by atoms with Gasteiger partial charge in [0.05, 0.1) is 0 Å². The third-order valence-electron chi connectivity index (χ3n) is 3.01. The Morgan fingerprint density at radius 1 is 1.44 bits per heavy atom. The lowest BCUT2D eigenvalue weighted by Gasteiger charge is -2.29. The highest BCUT2D eigenvalue weighted by Gasteiger charge is 2.20. The molecular weight excluding hydrogens is 205 g/mol. The predicted octanol–water partition coefficient (Wildman–Crippen LogP) is 2.65. The van der Waals surface area contributed by atoms with Gasteiger partial charge < -0.3 is 10.1 Å². The van der Waals surface area contributed by atoms with E-state index in [1.165, 1.54) is 12.1 Å². The van der Waals surface area contributed by atoms with Crippen molar-refractivity contribution in [2.24, 2.45) is 0 Å². The maximum Gasteiger partial charge on any atom is 0.123 e. The van der Waals surface area contributed by atoms with Crippen LogP contribution in [0, 0.1) is 12.7 Å². The van der Waals surface area contributed by atoms with Gasteiger partial charge in [-0.25, -0.2) is 4.39 Å². The van der Waals surface area contributed by atoms with E-state index in [2.05, 4.69) is 12.2 Å². The Morgan fingerprint density at radius 3 is 2.94 bits per heavy atom. The molecule has 1 saturated heterocycles. The van der Waals surface area contributed by atoms with Crippen LogP contribution in [0.1, 0.15) is 25.3 Å². The molecule has 0 spiro atoms. The fourth-order valence-corrected chi connectivity index (χ4v) is 2.12. The van der Waals surface area contributed by atoms with Crippen molar-refractivity contribution in [2.45, 2.75) is 38.8 Å². The molecule has 0 bridgehead atoms. The van der Waals surface area contributed by atoms with Crippen LogP contribution in [-0.4, -0.2) is 18.7 Å². The number of rotatable bonds is 2. The SMILES string of the molecule is Cc1cc(F)ccc1OC1CCNC(C)C1. The number of aryl methyl sites for hydroxylation is 1. The second-order valence-electron chi connectivity index (χ2n) is 4.53. The van der Waals surface area contributed by atoms with Gasteiger partial charge in [-0.05, 0) is 57.0 Å². The van der Waals surface area contributed by atoms with Crippen molar-refractivity contribution in [1.29, 1.82) is 0 Å². The average Bonchev–Trinajstić information content (AvgIpc) is 2.22. The zero-order valence-electron chi connectivity index (χ0n) is 9.79. The first-order chi connectivity index (χ1) is 7.65. The minimum atomic E-state index is -0.205. The van der Waals surface area contributed by atoms with Crippen LogP contribution in [0.4, 0.5) is 4.39 Å². The first-order valence-electron chi connectivity index (χ1n) is 5.81. The summed E-state index contributed by atoms with van der Waals surface area (Å²) in [6, 6.07) is 5.18. The normalized spacial score (nSPS) is 25.4. The summed E-state index contributed by atoms with van der Waals surface area (Å²) in [5, 5.41) is 3.38. The van der Waals surface area contributed by atoms with Crippen molar-refractivity contribution in [3.05, 3.63) is 29.6 Å². The molecule has 1 aromatic rings. The van der Waals surface area contributed by atoms with E-state index in [0.29, 0.717) is 6.04 Å². The lowest BCUT2D eigenvalue weighted by Crippen LogP contribution is -2.40. The van der Waals surface area contributed by atoms with E-state index < -0.39 is 0 Å². The zero-order valence-corrected chi connectivity index (χ0v) is 9.79. The topological polar surface area (TPSA) is 21.3 Å². The van der Waals surface area contributed by atoms with Crippen LogP contribution in [0.3, 0.4) is 0 Å². The minimum absolute atomic E-state index is 0.205. The van der Waals surface area contributed by atoms with Crippen LogP contribution in [0.5, 0.6) is 5.75 Å². The van der Waals surface area contributed by atoms with Crippen molar-refractivity contribution < 1.29 is 9.13 Å². The maximum atomic E-state index is 12.9. The van der Waals surface area contributed by atoms with Gasteiger partial charge in [0, 0.05) is 6.04 Å². The van der Waals surface area contributed by atoms with E-state index in [1.807, 2.05) is 6.92 Å². The molecule has 0 aromatic heterocycles. The highest BCUT2D eigenvalue weighted by molar-refractivity contribution is 5.32. The number of benzene rings is 1. The molecule has 3 heteroatoms. The number of ether oxygens (including phenoxy) is 1. The fourth-order valence-electron chi connectivity index (χ4n) is 2.12. The summed E-state index contributed by atoms with van der Waals surface area (Å²) < 4.78 is 18.8. The maximum absolute atomic E-state index is 12.9. The number of hydrogen-bond donors (Lipinski definition) is 1. The Hall–Kier alpha value is -1.09. The molecule has 2 atom stereocenters. The standard InChI is InChI=1S/C13H18FNO/c1-9-7-11(14)3-4-13(9)16-12-5-6-15-10(2)8-12/h3-4,7,10,12,15H,5-6,8H2,1-2H3. The third-order valence-corrected chi connectivity index (χ3v) is 3.01. The van der Waals surface area contributed by atoms with Gasteiger partial charge in [0.1, 0.15) is 17.7 Å². The molecule has 2 nitrogen and oxygen atoms in total. The fraction of sp³-hybridized carbons (Fsp3) is 0.538. The zero-order chi connectivity index (χ0) is 11.5. The molecule has 88 valence electrons. The van der Waals surface area contributed by atoms with Gasteiger partial charge in [-0.3, -0.25) is 0 Å². The highest BCUT2D eigenvalue weighted by atomic mass is 19.1. The van der Waals surface area contributed by atoms with Crippen LogP contribution < -0.4 is 10.1 Å². The summed E-state index contributed by atoms with van der Waals surface area (Å²) in [5.74, 6) is 0.601. The van der Waals surface area contributed by atoms with Crippen molar-refractivity contribution in [3.8, 4) is 5.75 Å². The van der Waals surface area contributed by atoms with Gasteiger partial charge in [-0.15, -0.1) is 0 Å². The molecule has 1 aliphatic rings. The summed E-state index contributed by atoms with van der Waals surface area (Å²) in [6.07, 6.45) is 2.28. The minimum Gasteiger partial charge on any atom is -0.490 e. The lowest BCUT2D eigenvalue weighted by atomic mass is 10.0. The number of halogens is 1. The summed E-state index contributed by atoms with van der Waals surface area (Å²) in [6.45, 7) is 5.03. The molecule has 1 aliphatic heterocycles. The van der Waals surface area contributed by atoms with Crippen LogP contribution in [-0.2, 0) is 0 Å². The number of piperidine rings is 1. The molecule has 0 radical (unpaired) electrons. The quantitative estimate of drug-likeness (QED) is 0.832. The van der Waals surface area contributed by atoms with Crippen LogP contribution >= 0.6 is 0 Å². The van der Waals surface area contributed by atoms with E-state index >= 15 is 0 Å². The van der Waals surface area contributed by atoms with Crippen LogP contribution in [0.25, 0.3) is 0 Å². The smallest absolute Gasteiger partial charge is 0.123 e. The van der Waals surface area contributed by atoms with Crippen molar-refractivity contribution >= 4 is 0 Å². The van der Waals surface area contributed by atoms with Gasteiger partial charge in [0.25, 0.3) is 0 Å². The van der Waals surface area contributed by atoms with E-state index in [-0.39, 0.29) is 11.9 Å². The molecule has 1 aromatic carbocycles. The van der Waals surface area contributed by atoms with Gasteiger partial charge >= 0.3 is 0 Å². The Labute approximate surface area is 95.8 Å². The molecule has 1 heterocycles. The van der Waals surface area contributed by atoms with Gasteiger partial charge in [-0.2, -0.15) is 0 Å². The van der Waals surface area contributed by atoms with E-state index in [1.54, 1.807) is 6.07 Å². The molecular formula is C13H18FNO. The Balaban J connectivity index is 2.02. The predicted molar refractivity (Wildman–Crippen MR) is 62.3 cm³/mol. The van der Waals surface area contributed by atoms with E-state index in [4.69, 9.17) is 4.74 Å². The number of nitrogens with one attached hydrogen (secondary N) is 1. The molecule has 0 amide bonds. The molecule has 2 rings (SSSR count). The van der Waals surface area contributed by atoms with Crippen molar-refractivity contribution in [2.75, 3.05) is 6.54 Å². The molecule has 0 aliphatic carbocycles. The Morgan fingerprint density at radius 2 is 2.25 bits per heavy atom. The van der Waals surface area contributed by atoms with Crippen LogP contribution in [0.2, 0.25) is 0 Å². The third kappa shape index (κ3) is 2.73. The number of hydrogen-bond acceptors (Lipinski definition) is 2. The monoisotopic (exact) mass is 223 g/mol. The van der Waals surface area contributed by atoms with Gasteiger partial charge in [0.15, 0.2) is 0 Å². The first-order valence-corrected chi connectivity index (χ1v) is 5.81. The molecule has 1 fully saturated rings. The van der Waals surface area contributed by atoms with Crippen LogP contribution in [0.15, 0.2) is 18.2 Å². The molecule has 16 heavy (non-hydrogen) atoms. The van der Waals surface area contributed by atoms with E-state index in [0.717, 1.165) is 30.7 Å². The van der Waals surface area contributed by atoms with E-state index in [9.17, 15) is 4.39 Å². The molecule has 1 N–H and O–H groups in total. The Bertz CT molecular complexity index is 367. The Kier molecular flexibility index (Phi) is 3.44. The summed E-state index contributed by atoms with van der Waals surface area (Å²) in [4.78, 5) is 0. The van der Waals surface area contributed by atoms with Gasteiger partial charge in [0.2, 0.25) is 0 Å². The summed E-state index contributed by atoms with van der Waals surface area (Å²) in [7, 11) is 0. The second kappa shape index (κ2) is 4.83. The summed E-state index contributed by atoms with van der Waals surface area (Å²) in [5.41, 5.74) is 0.867. The molecule has 2 unspecified atom stereocenters. The average molecular weight is 223 g/mol. The largest absolute Gasteiger partial charge is 0.490 e. The highest BCUT2D eigenvalue weighted by Crippen LogP contribution is 2.23. The second-order valence-corrected chi connectivity index (χ2v) is 4.53. The first kappa shape index (κ1) is 11.4. The van der Waals surface area contributed by atoms with Crippen molar-refractivity contribution in [1.82, 2.24) is 5.32 Å². The summed E-state index contributed by atoms with van der Waals surface area (Å²) >= 11 is 0. The van der Waals surface area contributed by atoms with Crippen molar-refractivity contribution in [3.63, 3.8) is 0 Å². The van der Waals surface area contributed by atoms with Gasteiger partial charge in [-0.1, -0.05) is 0 Å².